The monoisotopic (exact) mass is 241 g/mol. The predicted octanol–water partition coefficient (Wildman–Crippen LogP) is 1.81. The second-order valence-electron chi connectivity index (χ2n) is 3.57. The van der Waals surface area contributed by atoms with Crippen LogP contribution in [0.2, 0.25) is 0 Å². The third kappa shape index (κ3) is 5.07. The Bertz CT molecular complexity index is 327. The molecule has 0 fully saturated rings. The van der Waals surface area contributed by atoms with E-state index in [2.05, 4.69) is 15.3 Å². The number of hydrogen-bond donors (Lipinski definition) is 1. The van der Waals surface area contributed by atoms with Gasteiger partial charge in [0.1, 0.15) is 0 Å². The van der Waals surface area contributed by atoms with E-state index in [-0.39, 0.29) is 5.91 Å². The second-order valence-corrected chi connectivity index (χ2v) is 3.95. The molecule has 1 N–H and O–H groups in total. The fourth-order valence-electron chi connectivity index (χ4n) is 1.17. The molecule has 0 radical (unpaired) electrons. The molecule has 16 heavy (non-hydrogen) atoms. The average Bonchev–Trinajstić information content (AvgIpc) is 2.29. The summed E-state index contributed by atoms with van der Waals surface area (Å²) >= 11 is 5.52. The summed E-state index contributed by atoms with van der Waals surface area (Å²) in [5, 5.41) is 2.79. The van der Waals surface area contributed by atoms with Gasteiger partial charge in [0.2, 0.25) is 5.91 Å². The first-order valence-corrected chi connectivity index (χ1v) is 5.86. The molecule has 1 heterocycles. The normalized spacial score (nSPS) is 10.1. The highest BCUT2D eigenvalue weighted by Crippen LogP contribution is 1.98. The van der Waals surface area contributed by atoms with Gasteiger partial charge in [0, 0.05) is 18.5 Å². The van der Waals surface area contributed by atoms with Crippen molar-refractivity contribution in [3.63, 3.8) is 0 Å². The molecule has 88 valence electrons. The van der Waals surface area contributed by atoms with E-state index in [1.807, 2.05) is 6.92 Å². The minimum atomic E-state index is 0.0347. The molecule has 1 amide bonds. The van der Waals surface area contributed by atoms with Gasteiger partial charge in [-0.15, -0.1) is 11.6 Å². The summed E-state index contributed by atoms with van der Waals surface area (Å²) in [5.74, 6) is 0.643. The highest BCUT2D eigenvalue weighted by Gasteiger charge is 2.01. The lowest BCUT2D eigenvalue weighted by Crippen LogP contribution is -2.23. The minimum Gasteiger partial charge on any atom is -0.350 e. The van der Waals surface area contributed by atoms with Crippen LogP contribution in [0.3, 0.4) is 0 Å². The standard InChI is InChI=1S/C11H16ClN3O/c1-9-6-14-10(7-13-9)8-15-11(16)4-2-3-5-12/h6-7H,2-5,8H2,1H3,(H,15,16). The maximum absolute atomic E-state index is 11.4. The van der Waals surface area contributed by atoms with E-state index in [1.165, 1.54) is 0 Å². The largest absolute Gasteiger partial charge is 0.350 e. The van der Waals surface area contributed by atoms with Gasteiger partial charge in [0.25, 0.3) is 0 Å². The topological polar surface area (TPSA) is 54.9 Å². The predicted molar refractivity (Wildman–Crippen MR) is 63.2 cm³/mol. The van der Waals surface area contributed by atoms with Crippen molar-refractivity contribution in [2.24, 2.45) is 0 Å². The molecule has 4 nitrogen and oxygen atoms in total. The molecular formula is C11H16ClN3O. The summed E-state index contributed by atoms with van der Waals surface area (Å²) < 4.78 is 0. The molecule has 1 rings (SSSR count). The van der Waals surface area contributed by atoms with Crippen LogP contribution < -0.4 is 5.32 Å². The Labute approximate surface area is 100 Å². The van der Waals surface area contributed by atoms with Gasteiger partial charge >= 0.3 is 0 Å². The van der Waals surface area contributed by atoms with Crippen LogP contribution in [0.25, 0.3) is 0 Å². The fourth-order valence-corrected chi connectivity index (χ4v) is 1.36. The molecule has 1 aromatic rings. The number of hydrogen-bond acceptors (Lipinski definition) is 3. The number of halogens is 1. The molecule has 0 aliphatic carbocycles. The molecule has 0 saturated carbocycles. The number of carbonyl (C=O) groups is 1. The Morgan fingerprint density at radius 2 is 2.19 bits per heavy atom. The van der Waals surface area contributed by atoms with Crippen LogP contribution in [0.1, 0.15) is 30.7 Å². The van der Waals surface area contributed by atoms with Crippen molar-refractivity contribution in [3.05, 3.63) is 23.8 Å². The van der Waals surface area contributed by atoms with E-state index < -0.39 is 0 Å². The Morgan fingerprint density at radius 3 is 2.81 bits per heavy atom. The summed E-state index contributed by atoms with van der Waals surface area (Å²) in [6, 6.07) is 0. The molecule has 1 aromatic heterocycles. The van der Waals surface area contributed by atoms with Crippen molar-refractivity contribution < 1.29 is 4.79 Å². The number of aryl methyl sites for hydroxylation is 1. The Hall–Kier alpha value is -1.16. The molecule has 0 aliphatic heterocycles. The number of amides is 1. The zero-order valence-electron chi connectivity index (χ0n) is 9.37. The van der Waals surface area contributed by atoms with Crippen LogP contribution in [0.5, 0.6) is 0 Å². The number of nitrogens with zero attached hydrogens (tertiary/aromatic N) is 2. The van der Waals surface area contributed by atoms with E-state index >= 15 is 0 Å². The van der Waals surface area contributed by atoms with Gasteiger partial charge in [-0.2, -0.15) is 0 Å². The molecule has 0 bridgehead atoms. The first-order valence-electron chi connectivity index (χ1n) is 5.32. The molecule has 0 atom stereocenters. The summed E-state index contributed by atoms with van der Waals surface area (Å²) in [5.41, 5.74) is 1.65. The third-order valence-corrected chi connectivity index (χ3v) is 2.36. The summed E-state index contributed by atoms with van der Waals surface area (Å²) in [6.07, 6.45) is 5.59. The molecule has 0 unspecified atom stereocenters. The van der Waals surface area contributed by atoms with Crippen molar-refractivity contribution in [3.8, 4) is 0 Å². The van der Waals surface area contributed by atoms with Crippen LogP contribution in [-0.4, -0.2) is 21.8 Å². The van der Waals surface area contributed by atoms with E-state index in [4.69, 9.17) is 11.6 Å². The number of unbranched alkanes of at least 4 members (excludes halogenated alkanes) is 1. The SMILES string of the molecule is Cc1cnc(CNC(=O)CCCCCl)cn1. The summed E-state index contributed by atoms with van der Waals surface area (Å²) in [4.78, 5) is 19.6. The third-order valence-electron chi connectivity index (χ3n) is 2.09. The van der Waals surface area contributed by atoms with E-state index in [0.29, 0.717) is 18.8 Å². The number of carbonyl (C=O) groups excluding carboxylic acids is 1. The quantitative estimate of drug-likeness (QED) is 0.611. The van der Waals surface area contributed by atoms with Gasteiger partial charge < -0.3 is 5.32 Å². The van der Waals surface area contributed by atoms with Crippen LogP contribution in [0, 0.1) is 6.92 Å². The van der Waals surface area contributed by atoms with Crippen molar-refractivity contribution in [2.45, 2.75) is 32.7 Å². The Balaban J connectivity index is 2.23. The molecule has 0 aromatic carbocycles. The van der Waals surface area contributed by atoms with Crippen molar-refractivity contribution >= 4 is 17.5 Å². The van der Waals surface area contributed by atoms with Crippen molar-refractivity contribution in [1.82, 2.24) is 15.3 Å². The number of alkyl halides is 1. The number of rotatable bonds is 6. The molecule has 0 saturated heterocycles. The number of nitrogens with one attached hydrogen (secondary N) is 1. The minimum absolute atomic E-state index is 0.0347. The smallest absolute Gasteiger partial charge is 0.220 e. The molecule has 0 aliphatic rings. The lowest BCUT2D eigenvalue weighted by molar-refractivity contribution is -0.121. The molecular weight excluding hydrogens is 226 g/mol. The highest BCUT2D eigenvalue weighted by atomic mass is 35.5. The molecule has 5 heteroatoms. The lowest BCUT2D eigenvalue weighted by atomic mass is 10.2. The van der Waals surface area contributed by atoms with Gasteiger partial charge in [0.05, 0.1) is 24.1 Å². The zero-order valence-corrected chi connectivity index (χ0v) is 10.1. The van der Waals surface area contributed by atoms with E-state index in [0.717, 1.165) is 24.2 Å². The van der Waals surface area contributed by atoms with Gasteiger partial charge in [-0.05, 0) is 19.8 Å². The fraction of sp³-hybridized carbons (Fsp3) is 0.545. The average molecular weight is 242 g/mol. The Kier molecular flexibility index (Phi) is 5.78. The van der Waals surface area contributed by atoms with Gasteiger partial charge in [-0.25, -0.2) is 0 Å². The first kappa shape index (κ1) is 12.9. The zero-order chi connectivity index (χ0) is 11.8. The molecule has 0 spiro atoms. The Morgan fingerprint density at radius 1 is 1.38 bits per heavy atom. The van der Waals surface area contributed by atoms with Crippen LogP contribution in [0.15, 0.2) is 12.4 Å². The summed E-state index contributed by atoms with van der Waals surface area (Å²) in [7, 11) is 0. The van der Waals surface area contributed by atoms with E-state index in [9.17, 15) is 4.79 Å². The second kappa shape index (κ2) is 7.17. The van der Waals surface area contributed by atoms with Crippen LogP contribution >= 0.6 is 11.6 Å². The van der Waals surface area contributed by atoms with Crippen molar-refractivity contribution in [2.75, 3.05) is 5.88 Å². The maximum Gasteiger partial charge on any atom is 0.220 e. The first-order chi connectivity index (χ1) is 7.72. The highest BCUT2D eigenvalue weighted by molar-refractivity contribution is 6.17. The van der Waals surface area contributed by atoms with Crippen molar-refractivity contribution in [1.29, 1.82) is 0 Å². The number of aromatic nitrogens is 2. The van der Waals surface area contributed by atoms with E-state index in [1.54, 1.807) is 12.4 Å². The van der Waals surface area contributed by atoms with Gasteiger partial charge in [-0.1, -0.05) is 0 Å². The maximum atomic E-state index is 11.4. The summed E-state index contributed by atoms with van der Waals surface area (Å²) in [6.45, 7) is 2.31. The van der Waals surface area contributed by atoms with Gasteiger partial charge in [-0.3, -0.25) is 14.8 Å². The van der Waals surface area contributed by atoms with Crippen LogP contribution in [0.4, 0.5) is 0 Å². The van der Waals surface area contributed by atoms with Gasteiger partial charge in [0.15, 0.2) is 0 Å². The van der Waals surface area contributed by atoms with Crippen LogP contribution in [-0.2, 0) is 11.3 Å². The lowest BCUT2D eigenvalue weighted by Gasteiger charge is -2.04.